The molecule has 0 bridgehead atoms. The molecular formula is C15H20ClN5O. The lowest BCUT2D eigenvalue weighted by Crippen LogP contribution is -2.23. The zero-order chi connectivity index (χ0) is 15.3. The van der Waals surface area contributed by atoms with Crippen LogP contribution >= 0.6 is 11.6 Å². The summed E-state index contributed by atoms with van der Waals surface area (Å²) >= 11 is 6.44. The van der Waals surface area contributed by atoms with Crippen LogP contribution in [0.2, 0.25) is 5.15 Å². The quantitative estimate of drug-likeness (QED) is 0.866. The number of likely N-dealkylation sites (tertiary alicyclic amines) is 1. The van der Waals surface area contributed by atoms with Crippen molar-refractivity contribution in [3.8, 4) is 0 Å². The molecule has 4 rings (SSSR count). The molecule has 118 valence electrons. The van der Waals surface area contributed by atoms with Gasteiger partial charge in [-0.3, -0.25) is 9.58 Å². The summed E-state index contributed by atoms with van der Waals surface area (Å²) in [5, 5.41) is 9.28. The highest BCUT2D eigenvalue weighted by molar-refractivity contribution is 6.30. The first-order valence-electron chi connectivity index (χ1n) is 7.89. The van der Waals surface area contributed by atoms with Crippen molar-refractivity contribution in [2.24, 2.45) is 7.05 Å². The van der Waals surface area contributed by atoms with E-state index in [1.807, 2.05) is 14.0 Å². The average molecular weight is 322 g/mol. The Balaban J connectivity index is 1.55. The predicted octanol–water partition coefficient (Wildman–Crippen LogP) is 2.98. The maximum atomic E-state index is 6.44. The standard InChI is InChI=1S/C15H20ClN5O/c1-9-13(14(16)20(2)18-9)11-4-3-7-21(11)8-12-17-15(19-22-12)10-5-6-10/h10-11H,3-8H2,1-2H3/t11-/m0/s1. The van der Waals surface area contributed by atoms with E-state index >= 15 is 0 Å². The lowest BCUT2D eigenvalue weighted by atomic mass is 10.1. The lowest BCUT2D eigenvalue weighted by Gasteiger charge is -2.22. The molecule has 6 nitrogen and oxygen atoms in total. The highest BCUT2D eigenvalue weighted by atomic mass is 35.5. The molecule has 0 amide bonds. The Morgan fingerprint density at radius 2 is 2.14 bits per heavy atom. The summed E-state index contributed by atoms with van der Waals surface area (Å²) in [7, 11) is 1.89. The van der Waals surface area contributed by atoms with Crippen LogP contribution in [0.1, 0.15) is 60.6 Å². The summed E-state index contributed by atoms with van der Waals surface area (Å²) in [5.41, 5.74) is 2.15. The first-order chi connectivity index (χ1) is 10.6. The number of halogens is 1. The fourth-order valence-corrected chi connectivity index (χ4v) is 3.68. The van der Waals surface area contributed by atoms with Crippen LogP contribution in [-0.4, -0.2) is 31.4 Å². The summed E-state index contributed by atoms with van der Waals surface area (Å²) in [6, 6.07) is 0.289. The van der Waals surface area contributed by atoms with Gasteiger partial charge in [-0.15, -0.1) is 0 Å². The molecule has 0 N–H and O–H groups in total. The average Bonchev–Trinajstić information content (AvgIpc) is 2.98. The second-order valence-electron chi connectivity index (χ2n) is 6.36. The number of aromatic nitrogens is 4. The highest BCUT2D eigenvalue weighted by Gasteiger charge is 2.33. The second kappa shape index (κ2) is 5.35. The molecule has 1 aliphatic carbocycles. The van der Waals surface area contributed by atoms with Gasteiger partial charge in [0, 0.05) is 24.6 Å². The van der Waals surface area contributed by atoms with Crippen LogP contribution in [0.3, 0.4) is 0 Å². The smallest absolute Gasteiger partial charge is 0.240 e. The molecule has 1 aliphatic heterocycles. The van der Waals surface area contributed by atoms with Gasteiger partial charge in [0.15, 0.2) is 5.82 Å². The molecule has 2 aromatic rings. The van der Waals surface area contributed by atoms with Gasteiger partial charge < -0.3 is 4.52 Å². The van der Waals surface area contributed by atoms with E-state index in [2.05, 4.69) is 20.1 Å². The molecule has 0 unspecified atom stereocenters. The zero-order valence-electron chi connectivity index (χ0n) is 12.9. The Hall–Kier alpha value is -1.40. The topological polar surface area (TPSA) is 60.0 Å². The summed E-state index contributed by atoms with van der Waals surface area (Å²) in [4.78, 5) is 6.92. The third-order valence-electron chi connectivity index (χ3n) is 4.66. The maximum absolute atomic E-state index is 6.44. The van der Waals surface area contributed by atoms with E-state index < -0.39 is 0 Å². The van der Waals surface area contributed by atoms with Gasteiger partial charge in [-0.1, -0.05) is 16.8 Å². The van der Waals surface area contributed by atoms with Gasteiger partial charge in [-0.05, 0) is 39.2 Å². The van der Waals surface area contributed by atoms with Crippen molar-refractivity contribution < 1.29 is 4.52 Å². The van der Waals surface area contributed by atoms with E-state index in [4.69, 9.17) is 16.1 Å². The van der Waals surface area contributed by atoms with Crippen LogP contribution in [0.5, 0.6) is 0 Å². The molecular weight excluding hydrogens is 302 g/mol. The van der Waals surface area contributed by atoms with Crippen molar-refractivity contribution in [3.05, 3.63) is 28.1 Å². The molecule has 1 atom stereocenters. The third kappa shape index (κ3) is 2.44. The molecule has 22 heavy (non-hydrogen) atoms. The van der Waals surface area contributed by atoms with Gasteiger partial charge in [-0.25, -0.2) is 0 Å². The monoisotopic (exact) mass is 321 g/mol. The molecule has 0 spiro atoms. The number of aryl methyl sites for hydroxylation is 2. The van der Waals surface area contributed by atoms with Crippen molar-refractivity contribution >= 4 is 11.6 Å². The molecule has 1 saturated heterocycles. The number of hydrogen-bond donors (Lipinski definition) is 0. The number of nitrogens with zero attached hydrogens (tertiary/aromatic N) is 5. The highest BCUT2D eigenvalue weighted by Crippen LogP contribution is 2.40. The van der Waals surface area contributed by atoms with Gasteiger partial charge in [0.2, 0.25) is 5.89 Å². The minimum Gasteiger partial charge on any atom is -0.338 e. The molecule has 2 fully saturated rings. The van der Waals surface area contributed by atoms with E-state index in [1.54, 1.807) is 4.68 Å². The van der Waals surface area contributed by atoms with Gasteiger partial charge in [0.25, 0.3) is 0 Å². The minimum atomic E-state index is 0.289. The molecule has 2 aromatic heterocycles. The molecule has 1 saturated carbocycles. The molecule has 0 aromatic carbocycles. The van der Waals surface area contributed by atoms with Crippen LogP contribution in [0.15, 0.2) is 4.52 Å². The van der Waals surface area contributed by atoms with E-state index in [1.165, 1.54) is 12.8 Å². The van der Waals surface area contributed by atoms with E-state index in [0.29, 0.717) is 18.4 Å². The molecule has 2 aliphatic rings. The van der Waals surface area contributed by atoms with E-state index in [0.717, 1.165) is 41.6 Å². The van der Waals surface area contributed by atoms with E-state index in [9.17, 15) is 0 Å². The first-order valence-corrected chi connectivity index (χ1v) is 8.27. The van der Waals surface area contributed by atoms with Crippen molar-refractivity contribution in [1.82, 2.24) is 24.8 Å². The molecule has 7 heteroatoms. The van der Waals surface area contributed by atoms with Crippen LogP contribution in [-0.2, 0) is 13.6 Å². The zero-order valence-corrected chi connectivity index (χ0v) is 13.7. The largest absolute Gasteiger partial charge is 0.338 e. The predicted molar refractivity (Wildman–Crippen MR) is 81.6 cm³/mol. The Bertz CT molecular complexity index is 690. The summed E-state index contributed by atoms with van der Waals surface area (Å²) in [6.07, 6.45) is 4.63. The van der Waals surface area contributed by atoms with Crippen LogP contribution in [0, 0.1) is 6.92 Å². The second-order valence-corrected chi connectivity index (χ2v) is 6.72. The van der Waals surface area contributed by atoms with Crippen LogP contribution in [0.4, 0.5) is 0 Å². The Labute approximate surface area is 134 Å². The van der Waals surface area contributed by atoms with Gasteiger partial charge in [-0.2, -0.15) is 10.1 Å². The van der Waals surface area contributed by atoms with Crippen molar-refractivity contribution in [1.29, 1.82) is 0 Å². The van der Waals surface area contributed by atoms with Gasteiger partial charge >= 0.3 is 0 Å². The summed E-state index contributed by atoms with van der Waals surface area (Å²) in [5.74, 6) is 2.12. The van der Waals surface area contributed by atoms with Crippen molar-refractivity contribution in [2.45, 2.75) is 51.1 Å². The number of hydrogen-bond acceptors (Lipinski definition) is 5. The van der Waals surface area contributed by atoms with Crippen molar-refractivity contribution in [3.63, 3.8) is 0 Å². The summed E-state index contributed by atoms with van der Waals surface area (Å²) < 4.78 is 7.17. The van der Waals surface area contributed by atoms with Crippen LogP contribution < -0.4 is 0 Å². The first kappa shape index (κ1) is 14.2. The number of rotatable bonds is 4. The Morgan fingerprint density at radius 3 is 2.82 bits per heavy atom. The Morgan fingerprint density at radius 1 is 1.32 bits per heavy atom. The fourth-order valence-electron chi connectivity index (χ4n) is 3.38. The molecule has 0 radical (unpaired) electrons. The van der Waals surface area contributed by atoms with E-state index in [-0.39, 0.29) is 6.04 Å². The Kier molecular flexibility index (Phi) is 3.46. The van der Waals surface area contributed by atoms with Crippen molar-refractivity contribution in [2.75, 3.05) is 6.54 Å². The van der Waals surface area contributed by atoms with Gasteiger partial charge in [0.1, 0.15) is 5.15 Å². The third-order valence-corrected chi connectivity index (χ3v) is 5.11. The normalized spacial score (nSPS) is 22.6. The van der Waals surface area contributed by atoms with Gasteiger partial charge in [0.05, 0.1) is 12.2 Å². The minimum absolute atomic E-state index is 0.289. The summed E-state index contributed by atoms with van der Waals surface area (Å²) in [6.45, 7) is 3.74. The SMILES string of the molecule is Cc1nn(C)c(Cl)c1[C@@H]1CCCN1Cc1nc(C2CC2)no1. The molecule has 3 heterocycles. The maximum Gasteiger partial charge on any atom is 0.240 e. The fraction of sp³-hybridized carbons (Fsp3) is 0.667. The lowest BCUT2D eigenvalue weighted by molar-refractivity contribution is 0.212. The van der Waals surface area contributed by atoms with Crippen LogP contribution in [0.25, 0.3) is 0 Å².